The second-order valence-corrected chi connectivity index (χ2v) is 9.65. The molecule has 1 N–H and O–H groups in total. The van der Waals surface area contributed by atoms with Crippen LogP contribution in [0.25, 0.3) is 10.8 Å². The van der Waals surface area contributed by atoms with Crippen LogP contribution in [0.5, 0.6) is 11.5 Å². The van der Waals surface area contributed by atoms with Crippen molar-refractivity contribution in [3.63, 3.8) is 0 Å². The summed E-state index contributed by atoms with van der Waals surface area (Å²) in [5, 5.41) is 4.97. The third-order valence-electron chi connectivity index (χ3n) is 6.29. The molecule has 4 aromatic rings. The summed E-state index contributed by atoms with van der Waals surface area (Å²) in [5.41, 5.74) is 1.82. The van der Waals surface area contributed by atoms with Crippen molar-refractivity contribution in [2.24, 2.45) is 0 Å². The van der Waals surface area contributed by atoms with Gasteiger partial charge < -0.3 is 19.7 Å². The lowest BCUT2D eigenvalue weighted by Crippen LogP contribution is -2.51. The Morgan fingerprint density at radius 1 is 0.921 bits per heavy atom. The largest absolute Gasteiger partial charge is 0.497 e. The fraction of sp³-hybridized carbons (Fsp3) is 0.226. The molecule has 1 atom stereocenters. The van der Waals surface area contributed by atoms with E-state index in [0.29, 0.717) is 24.5 Å². The molecular formula is C31H31BrN2O4. The van der Waals surface area contributed by atoms with Crippen molar-refractivity contribution in [2.75, 3.05) is 20.3 Å². The fourth-order valence-electron chi connectivity index (χ4n) is 4.36. The average Bonchev–Trinajstić information content (AvgIpc) is 2.95. The maximum atomic E-state index is 13.8. The highest BCUT2D eigenvalue weighted by molar-refractivity contribution is 9.10. The number of amides is 2. The van der Waals surface area contributed by atoms with E-state index in [1.165, 1.54) is 0 Å². The molecule has 0 aromatic heterocycles. The standard InChI is InChI=1S/C31H31BrN2O4/c1-3-33-31(36)27(19-22-10-5-4-6-11-22)34(20-23-12-9-14-25(18-23)37-2)29(35)21-38-28-17-16-24-13-7-8-15-26(24)30(28)32/h4-18,27H,3,19-21H2,1-2H3,(H,33,36). The second-order valence-electron chi connectivity index (χ2n) is 8.86. The highest BCUT2D eigenvalue weighted by Crippen LogP contribution is 2.33. The lowest BCUT2D eigenvalue weighted by Gasteiger charge is -2.31. The zero-order valence-corrected chi connectivity index (χ0v) is 23.1. The van der Waals surface area contributed by atoms with Crippen LogP contribution in [0.1, 0.15) is 18.1 Å². The van der Waals surface area contributed by atoms with Gasteiger partial charge in [0.25, 0.3) is 5.91 Å². The molecule has 0 aliphatic rings. The molecule has 0 aliphatic heterocycles. The summed E-state index contributed by atoms with van der Waals surface area (Å²) in [6, 6.07) is 28.3. The van der Waals surface area contributed by atoms with Crippen LogP contribution in [-0.4, -0.2) is 43.0 Å². The van der Waals surface area contributed by atoms with Gasteiger partial charge in [-0.25, -0.2) is 0 Å². The van der Waals surface area contributed by atoms with Crippen LogP contribution in [0, 0.1) is 0 Å². The van der Waals surface area contributed by atoms with Crippen molar-refractivity contribution in [3.8, 4) is 11.5 Å². The molecule has 6 nitrogen and oxygen atoms in total. The lowest BCUT2D eigenvalue weighted by molar-refractivity contribution is -0.142. The van der Waals surface area contributed by atoms with E-state index in [1.54, 1.807) is 12.0 Å². The number of methoxy groups -OCH3 is 1. The van der Waals surface area contributed by atoms with E-state index >= 15 is 0 Å². The van der Waals surface area contributed by atoms with Gasteiger partial charge in [-0.2, -0.15) is 0 Å². The van der Waals surface area contributed by atoms with Gasteiger partial charge in [0.2, 0.25) is 5.91 Å². The van der Waals surface area contributed by atoms with Gasteiger partial charge in [0.1, 0.15) is 17.5 Å². The number of nitrogens with one attached hydrogen (secondary N) is 1. The number of likely N-dealkylation sites (N-methyl/N-ethyl adjacent to an activating group) is 1. The smallest absolute Gasteiger partial charge is 0.261 e. The molecular weight excluding hydrogens is 544 g/mol. The van der Waals surface area contributed by atoms with Crippen molar-refractivity contribution in [3.05, 3.63) is 107 Å². The molecule has 38 heavy (non-hydrogen) atoms. The highest BCUT2D eigenvalue weighted by Gasteiger charge is 2.30. The monoisotopic (exact) mass is 574 g/mol. The number of fused-ring (bicyclic) bond motifs is 1. The van der Waals surface area contributed by atoms with Crippen molar-refractivity contribution < 1.29 is 19.1 Å². The van der Waals surface area contributed by atoms with Gasteiger partial charge in [-0.3, -0.25) is 9.59 Å². The van der Waals surface area contributed by atoms with Crippen LogP contribution >= 0.6 is 15.9 Å². The van der Waals surface area contributed by atoms with Crippen molar-refractivity contribution in [2.45, 2.75) is 25.9 Å². The van der Waals surface area contributed by atoms with Crippen LogP contribution < -0.4 is 14.8 Å². The Kier molecular flexibility index (Phi) is 9.38. The van der Waals surface area contributed by atoms with E-state index in [-0.39, 0.29) is 25.0 Å². The molecule has 0 bridgehead atoms. The third kappa shape index (κ3) is 6.72. The van der Waals surface area contributed by atoms with E-state index in [2.05, 4.69) is 21.2 Å². The summed E-state index contributed by atoms with van der Waals surface area (Å²) < 4.78 is 12.2. The topological polar surface area (TPSA) is 67.9 Å². The van der Waals surface area contributed by atoms with Gasteiger partial charge in [-0.05, 0) is 63.0 Å². The Hall–Kier alpha value is -3.84. The third-order valence-corrected chi connectivity index (χ3v) is 7.11. The summed E-state index contributed by atoms with van der Waals surface area (Å²) in [6.45, 7) is 2.34. The fourth-order valence-corrected chi connectivity index (χ4v) is 4.97. The lowest BCUT2D eigenvalue weighted by atomic mass is 10.0. The van der Waals surface area contributed by atoms with Gasteiger partial charge in [-0.1, -0.05) is 72.8 Å². The van der Waals surface area contributed by atoms with Crippen LogP contribution in [0.3, 0.4) is 0 Å². The SMILES string of the molecule is CCNC(=O)C(Cc1ccccc1)N(Cc1cccc(OC)c1)C(=O)COc1ccc2ccccc2c1Br. The first kappa shape index (κ1) is 27.2. The maximum absolute atomic E-state index is 13.8. The zero-order valence-electron chi connectivity index (χ0n) is 21.5. The average molecular weight is 576 g/mol. The van der Waals surface area contributed by atoms with Crippen LogP contribution in [-0.2, 0) is 22.6 Å². The predicted molar refractivity (Wildman–Crippen MR) is 153 cm³/mol. The second kappa shape index (κ2) is 13.1. The molecule has 0 fully saturated rings. The molecule has 0 heterocycles. The molecule has 7 heteroatoms. The first-order valence-corrected chi connectivity index (χ1v) is 13.3. The van der Waals surface area contributed by atoms with Gasteiger partial charge in [0.05, 0.1) is 11.6 Å². The number of carbonyl (C=O) groups is 2. The Morgan fingerprint density at radius 2 is 1.66 bits per heavy atom. The molecule has 4 rings (SSSR count). The van der Waals surface area contributed by atoms with E-state index in [0.717, 1.165) is 26.4 Å². The van der Waals surface area contributed by atoms with E-state index in [4.69, 9.17) is 9.47 Å². The van der Waals surface area contributed by atoms with Crippen molar-refractivity contribution in [1.29, 1.82) is 0 Å². The first-order chi connectivity index (χ1) is 18.5. The van der Waals surface area contributed by atoms with Gasteiger partial charge in [0.15, 0.2) is 6.61 Å². The minimum atomic E-state index is -0.723. The molecule has 0 aliphatic carbocycles. The normalized spacial score (nSPS) is 11.6. The van der Waals surface area contributed by atoms with Gasteiger partial charge in [0, 0.05) is 19.5 Å². The number of benzene rings is 4. The number of carbonyl (C=O) groups excluding carboxylic acids is 2. The summed E-state index contributed by atoms with van der Waals surface area (Å²) in [5.74, 6) is 0.749. The van der Waals surface area contributed by atoms with Gasteiger partial charge in [-0.15, -0.1) is 0 Å². The number of rotatable bonds is 11. The summed E-state index contributed by atoms with van der Waals surface area (Å²) in [7, 11) is 1.60. The number of hydrogen-bond donors (Lipinski definition) is 1. The quantitative estimate of drug-likeness (QED) is 0.247. The number of halogens is 1. The summed E-state index contributed by atoms with van der Waals surface area (Å²) in [6.07, 6.45) is 0.377. The molecule has 0 saturated carbocycles. The zero-order chi connectivity index (χ0) is 26.9. The van der Waals surface area contributed by atoms with Crippen LogP contribution in [0.15, 0.2) is 95.5 Å². The van der Waals surface area contributed by atoms with Crippen molar-refractivity contribution >= 4 is 38.5 Å². The Labute approximate surface area is 231 Å². The van der Waals surface area contributed by atoms with Gasteiger partial charge >= 0.3 is 0 Å². The predicted octanol–water partition coefficient (Wildman–Crippen LogP) is 5.77. The Balaban J connectivity index is 1.63. The molecule has 0 spiro atoms. The highest BCUT2D eigenvalue weighted by atomic mass is 79.9. The summed E-state index contributed by atoms with van der Waals surface area (Å²) in [4.78, 5) is 28.7. The van der Waals surface area contributed by atoms with Crippen LogP contribution in [0.4, 0.5) is 0 Å². The molecule has 196 valence electrons. The maximum Gasteiger partial charge on any atom is 0.261 e. The van der Waals surface area contributed by atoms with E-state index < -0.39 is 6.04 Å². The summed E-state index contributed by atoms with van der Waals surface area (Å²) >= 11 is 3.63. The van der Waals surface area contributed by atoms with E-state index in [1.807, 2.05) is 97.9 Å². The minimum Gasteiger partial charge on any atom is -0.497 e. The molecule has 4 aromatic carbocycles. The van der Waals surface area contributed by atoms with Crippen molar-refractivity contribution in [1.82, 2.24) is 10.2 Å². The first-order valence-electron chi connectivity index (χ1n) is 12.5. The number of nitrogens with zero attached hydrogens (tertiary/aromatic N) is 1. The molecule has 1 unspecified atom stereocenters. The molecule has 0 radical (unpaired) electrons. The Morgan fingerprint density at radius 3 is 2.42 bits per heavy atom. The Bertz CT molecular complexity index is 1390. The number of hydrogen-bond acceptors (Lipinski definition) is 4. The molecule has 0 saturated heterocycles. The van der Waals surface area contributed by atoms with Crippen LogP contribution in [0.2, 0.25) is 0 Å². The number of ether oxygens (including phenoxy) is 2. The minimum absolute atomic E-state index is 0.209. The molecule has 2 amide bonds. The van der Waals surface area contributed by atoms with E-state index in [9.17, 15) is 9.59 Å².